The van der Waals surface area contributed by atoms with Crippen molar-refractivity contribution in [3.8, 4) is 0 Å². The molecular formula is C17H19ClN2OS. The second-order valence-electron chi connectivity index (χ2n) is 4.87. The van der Waals surface area contributed by atoms with Crippen LogP contribution in [0, 0.1) is 6.92 Å². The molecule has 2 amide bonds. The maximum Gasteiger partial charge on any atom is 0.319 e. The van der Waals surface area contributed by atoms with Gasteiger partial charge in [-0.3, -0.25) is 0 Å². The Morgan fingerprint density at radius 2 is 1.86 bits per heavy atom. The van der Waals surface area contributed by atoms with Gasteiger partial charge in [0, 0.05) is 28.8 Å². The molecule has 5 heteroatoms. The molecule has 0 aromatic heterocycles. The summed E-state index contributed by atoms with van der Waals surface area (Å²) in [4.78, 5) is 11.7. The van der Waals surface area contributed by atoms with Gasteiger partial charge in [-0.25, -0.2) is 4.79 Å². The van der Waals surface area contributed by atoms with Crippen LogP contribution in [0.2, 0.25) is 5.02 Å². The van der Waals surface area contributed by atoms with Crippen LogP contribution in [-0.4, -0.2) is 18.3 Å². The molecule has 0 atom stereocenters. The molecule has 0 spiro atoms. The van der Waals surface area contributed by atoms with Crippen LogP contribution in [0.15, 0.2) is 48.5 Å². The lowest BCUT2D eigenvalue weighted by Gasteiger charge is -2.08. The minimum Gasteiger partial charge on any atom is -0.337 e. The SMILES string of the molecule is Cc1ccccc1CSCCNC(=O)Nc1ccc(Cl)cc1. The van der Waals surface area contributed by atoms with E-state index < -0.39 is 0 Å². The third-order valence-electron chi connectivity index (χ3n) is 3.15. The lowest BCUT2D eigenvalue weighted by Crippen LogP contribution is -2.30. The van der Waals surface area contributed by atoms with Gasteiger partial charge in [0.25, 0.3) is 0 Å². The molecular weight excluding hydrogens is 316 g/mol. The fourth-order valence-electron chi connectivity index (χ4n) is 1.90. The first-order valence-corrected chi connectivity index (χ1v) is 8.61. The molecule has 2 aromatic rings. The van der Waals surface area contributed by atoms with E-state index in [0.717, 1.165) is 17.2 Å². The Hall–Kier alpha value is -1.65. The molecule has 2 aromatic carbocycles. The number of benzene rings is 2. The number of thioether (sulfide) groups is 1. The number of carbonyl (C=O) groups excluding carboxylic acids is 1. The fraction of sp³-hybridized carbons (Fsp3) is 0.235. The normalized spacial score (nSPS) is 10.3. The second-order valence-corrected chi connectivity index (χ2v) is 6.41. The summed E-state index contributed by atoms with van der Waals surface area (Å²) >= 11 is 7.61. The second kappa shape index (κ2) is 8.71. The quantitative estimate of drug-likeness (QED) is 0.751. The number of carbonyl (C=O) groups is 1. The predicted octanol–water partition coefficient (Wildman–Crippen LogP) is 4.70. The molecule has 116 valence electrons. The highest BCUT2D eigenvalue weighted by Crippen LogP contribution is 2.15. The summed E-state index contributed by atoms with van der Waals surface area (Å²) < 4.78 is 0. The van der Waals surface area contributed by atoms with Crippen LogP contribution in [-0.2, 0) is 5.75 Å². The van der Waals surface area contributed by atoms with Crippen LogP contribution in [0.4, 0.5) is 10.5 Å². The van der Waals surface area contributed by atoms with Crippen molar-refractivity contribution in [3.05, 3.63) is 64.7 Å². The maximum absolute atomic E-state index is 11.7. The minimum atomic E-state index is -0.196. The number of halogens is 1. The average molecular weight is 335 g/mol. The smallest absolute Gasteiger partial charge is 0.319 e. The minimum absolute atomic E-state index is 0.196. The number of nitrogens with one attached hydrogen (secondary N) is 2. The molecule has 0 saturated carbocycles. The number of amides is 2. The number of hydrogen-bond donors (Lipinski definition) is 2. The molecule has 0 aliphatic heterocycles. The van der Waals surface area contributed by atoms with E-state index in [1.165, 1.54) is 11.1 Å². The van der Waals surface area contributed by atoms with E-state index >= 15 is 0 Å². The highest BCUT2D eigenvalue weighted by Gasteiger charge is 2.01. The van der Waals surface area contributed by atoms with E-state index in [1.54, 1.807) is 24.3 Å². The first kappa shape index (κ1) is 16.7. The zero-order chi connectivity index (χ0) is 15.8. The van der Waals surface area contributed by atoms with Crippen LogP contribution in [0.3, 0.4) is 0 Å². The van der Waals surface area contributed by atoms with Gasteiger partial charge in [-0.2, -0.15) is 11.8 Å². The summed E-state index contributed by atoms with van der Waals surface area (Å²) in [6, 6.07) is 15.2. The largest absolute Gasteiger partial charge is 0.337 e. The molecule has 0 radical (unpaired) electrons. The van der Waals surface area contributed by atoms with Gasteiger partial charge in [0.2, 0.25) is 0 Å². The maximum atomic E-state index is 11.7. The van der Waals surface area contributed by atoms with E-state index in [2.05, 4.69) is 35.8 Å². The van der Waals surface area contributed by atoms with Crippen molar-refractivity contribution in [2.75, 3.05) is 17.6 Å². The topological polar surface area (TPSA) is 41.1 Å². The first-order valence-electron chi connectivity index (χ1n) is 7.08. The van der Waals surface area contributed by atoms with Crippen molar-refractivity contribution < 1.29 is 4.79 Å². The molecule has 0 aliphatic carbocycles. The summed E-state index contributed by atoms with van der Waals surface area (Å²) in [7, 11) is 0. The number of rotatable bonds is 6. The molecule has 0 aliphatic rings. The standard InChI is InChI=1S/C17H19ClN2OS/c1-13-4-2-3-5-14(13)12-22-11-10-19-17(21)20-16-8-6-15(18)7-9-16/h2-9H,10-12H2,1H3,(H2,19,20,21). The Morgan fingerprint density at radius 1 is 1.14 bits per heavy atom. The highest BCUT2D eigenvalue weighted by molar-refractivity contribution is 7.98. The van der Waals surface area contributed by atoms with E-state index in [-0.39, 0.29) is 6.03 Å². The Labute approximate surface area is 140 Å². The Bertz CT molecular complexity index is 616. The zero-order valence-electron chi connectivity index (χ0n) is 12.4. The Morgan fingerprint density at radius 3 is 2.59 bits per heavy atom. The van der Waals surface area contributed by atoms with Crippen LogP contribution < -0.4 is 10.6 Å². The van der Waals surface area contributed by atoms with E-state index in [4.69, 9.17) is 11.6 Å². The van der Waals surface area contributed by atoms with Gasteiger partial charge >= 0.3 is 6.03 Å². The van der Waals surface area contributed by atoms with Crippen molar-refractivity contribution in [3.63, 3.8) is 0 Å². The zero-order valence-corrected chi connectivity index (χ0v) is 14.0. The van der Waals surface area contributed by atoms with Crippen molar-refractivity contribution in [2.45, 2.75) is 12.7 Å². The average Bonchev–Trinajstić information content (AvgIpc) is 2.51. The summed E-state index contributed by atoms with van der Waals surface area (Å²) in [5.74, 6) is 1.84. The molecule has 2 N–H and O–H groups in total. The van der Waals surface area contributed by atoms with Crippen LogP contribution in [0.5, 0.6) is 0 Å². The Kier molecular flexibility index (Phi) is 6.62. The third-order valence-corrected chi connectivity index (χ3v) is 4.41. The highest BCUT2D eigenvalue weighted by atomic mass is 35.5. The van der Waals surface area contributed by atoms with Crippen LogP contribution in [0.1, 0.15) is 11.1 Å². The van der Waals surface area contributed by atoms with Gasteiger partial charge in [-0.1, -0.05) is 35.9 Å². The molecule has 0 saturated heterocycles. The lowest BCUT2D eigenvalue weighted by atomic mass is 10.1. The van der Waals surface area contributed by atoms with Gasteiger partial charge in [0.1, 0.15) is 0 Å². The molecule has 0 heterocycles. The van der Waals surface area contributed by atoms with Crippen molar-refractivity contribution in [1.29, 1.82) is 0 Å². The van der Waals surface area contributed by atoms with E-state index in [9.17, 15) is 4.79 Å². The first-order chi connectivity index (χ1) is 10.6. The van der Waals surface area contributed by atoms with Crippen molar-refractivity contribution in [1.82, 2.24) is 5.32 Å². The number of urea groups is 1. The summed E-state index contributed by atoms with van der Waals surface area (Å²) in [6.45, 7) is 2.75. The number of hydrogen-bond acceptors (Lipinski definition) is 2. The van der Waals surface area contributed by atoms with Crippen molar-refractivity contribution in [2.24, 2.45) is 0 Å². The molecule has 0 unspecified atom stereocenters. The summed E-state index contributed by atoms with van der Waals surface area (Å²) in [6.07, 6.45) is 0. The third kappa shape index (κ3) is 5.62. The summed E-state index contributed by atoms with van der Waals surface area (Å²) in [5.41, 5.74) is 3.39. The predicted molar refractivity (Wildman–Crippen MR) is 95.8 cm³/mol. The lowest BCUT2D eigenvalue weighted by molar-refractivity contribution is 0.252. The molecule has 22 heavy (non-hydrogen) atoms. The van der Waals surface area contributed by atoms with Crippen LogP contribution >= 0.6 is 23.4 Å². The molecule has 0 bridgehead atoms. The van der Waals surface area contributed by atoms with Gasteiger partial charge in [0.15, 0.2) is 0 Å². The van der Waals surface area contributed by atoms with E-state index in [0.29, 0.717) is 11.6 Å². The van der Waals surface area contributed by atoms with Crippen molar-refractivity contribution >= 4 is 35.1 Å². The molecule has 0 fully saturated rings. The van der Waals surface area contributed by atoms with E-state index in [1.807, 2.05) is 17.8 Å². The monoisotopic (exact) mass is 334 g/mol. The number of anilines is 1. The fourth-order valence-corrected chi connectivity index (χ4v) is 2.96. The molecule has 2 rings (SSSR count). The van der Waals surface area contributed by atoms with Gasteiger partial charge in [-0.15, -0.1) is 0 Å². The van der Waals surface area contributed by atoms with Gasteiger partial charge in [-0.05, 0) is 42.3 Å². The van der Waals surface area contributed by atoms with Gasteiger partial charge in [0.05, 0.1) is 0 Å². The Balaban J connectivity index is 1.63. The van der Waals surface area contributed by atoms with Crippen LogP contribution in [0.25, 0.3) is 0 Å². The van der Waals surface area contributed by atoms with Gasteiger partial charge < -0.3 is 10.6 Å². The molecule has 3 nitrogen and oxygen atoms in total. The summed E-state index contributed by atoms with van der Waals surface area (Å²) in [5, 5.41) is 6.26. The number of aryl methyl sites for hydroxylation is 1.